The van der Waals surface area contributed by atoms with E-state index in [0.29, 0.717) is 6.61 Å². The van der Waals surface area contributed by atoms with Crippen molar-refractivity contribution in [2.24, 2.45) is 5.10 Å². The number of para-hydroxylation sites is 1. The van der Waals surface area contributed by atoms with Gasteiger partial charge in [0.05, 0.1) is 18.5 Å². The molecule has 1 aromatic carbocycles. The zero-order chi connectivity index (χ0) is 12.8. The van der Waals surface area contributed by atoms with Crippen LogP contribution in [0.5, 0.6) is 5.75 Å². The first-order chi connectivity index (χ1) is 8.79. The molecule has 0 atom stereocenters. The molecule has 5 heteroatoms. The van der Waals surface area contributed by atoms with Crippen LogP contribution in [-0.4, -0.2) is 17.8 Å². The van der Waals surface area contributed by atoms with Gasteiger partial charge in [-0.3, -0.25) is 5.43 Å². The second kappa shape index (κ2) is 6.16. The maximum Gasteiger partial charge on any atom is 0.203 e. The van der Waals surface area contributed by atoms with Gasteiger partial charge in [-0.15, -0.1) is 11.3 Å². The van der Waals surface area contributed by atoms with E-state index in [1.165, 1.54) is 11.3 Å². The number of nitrogens with one attached hydrogen (secondary N) is 1. The second-order valence-electron chi connectivity index (χ2n) is 3.63. The standard InChI is InChI=1S/C13H15N3OS/c1-3-17-12-7-5-4-6-11(12)8-14-16-13-15-10(2)9-18-13/h4-9H,3H2,1-2H3,(H,15,16). The maximum absolute atomic E-state index is 5.51. The summed E-state index contributed by atoms with van der Waals surface area (Å²) in [4.78, 5) is 4.26. The van der Waals surface area contributed by atoms with Gasteiger partial charge in [-0.05, 0) is 26.0 Å². The molecule has 1 aromatic heterocycles. The summed E-state index contributed by atoms with van der Waals surface area (Å²) in [7, 11) is 0. The first-order valence-corrected chi connectivity index (χ1v) is 6.60. The zero-order valence-electron chi connectivity index (χ0n) is 10.4. The van der Waals surface area contributed by atoms with Gasteiger partial charge in [0.25, 0.3) is 0 Å². The molecule has 0 unspecified atom stereocenters. The molecule has 4 nitrogen and oxygen atoms in total. The highest BCUT2D eigenvalue weighted by molar-refractivity contribution is 7.13. The summed E-state index contributed by atoms with van der Waals surface area (Å²) in [5.74, 6) is 0.834. The first-order valence-electron chi connectivity index (χ1n) is 5.72. The third kappa shape index (κ3) is 3.30. The van der Waals surface area contributed by atoms with Crippen LogP contribution in [0.4, 0.5) is 5.13 Å². The number of benzene rings is 1. The SMILES string of the molecule is CCOc1ccccc1C=NNc1nc(C)cs1. The summed E-state index contributed by atoms with van der Waals surface area (Å²) in [6.07, 6.45) is 1.74. The van der Waals surface area contributed by atoms with Gasteiger partial charge >= 0.3 is 0 Å². The highest BCUT2D eigenvalue weighted by atomic mass is 32.1. The average Bonchev–Trinajstić information content (AvgIpc) is 2.78. The first kappa shape index (κ1) is 12.6. The van der Waals surface area contributed by atoms with Crippen molar-refractivity contribution in [3.8, 4) is 5.75 Å². The van der Waals surface area contributed by atoms with E-state index in [-0.39, 0.29) is 0 Å². The molecule has 94 valence electrons. The van der Waals surface area contributed by atoms with Gasteiger partial charge in [-0.25, -0.2) is 4.98 Å². The molecule has 0 spiro atoms. The molecule has 0 saturated carbocycles. The normalized spacial score (nSPS) is 10.8. The monoisotopic (exact) mass is 261 g/mol. The fourth-order valence-electron chi connectivity index (χ4n) is 1.44. The van der Waals surface area contributed by atoms with Crippen LogP contribution in [0.3, 0.4) is 0 Å². The minimum absolute atomic E-state index is 0.643. The Bertz CT molecular complexity index is 537. The van der Waals surface area contributed by atoms with Crippen molar-refractivity contribution in [1.82, 2.24) is 4.98 Å². The van der Waals surface area contributed by atoms with E-state index in [2.05, 4.69) is 15.5 Å². The van der Waals surface area contributed by atoms with E-state index in [0.717, 1.165) is 22.1 Å². The highest BCUT2D eigenvalue weighted by Gasteiger charge is 1.99. The Morgan fingerprint density at radius 1 is 1.44 bits per heavy atom. The molecular weight excluding hydrogens is 246 g/mol. The molecule has 0 bridgehead atoms. The van der Waals surface area contributed by atoms with E-state index < -0.39 is 0 Å². The third-order valence-corrected chi connectivity index (χ3v) is 3.07. The zero-order valence-corrected chi connectivity index (χ0v) is 11.2. The Hall–Kier alpha value is -1.88. The fourth-order valence-corrected chi connectivity index (χ4v) is 2.07. The van der Waals surface area contributed by atoms with Gasteiger partial charge in [0.15, 0.2) is 0 Å². The molecule has 1 N–H and O–H groups in total. The Morgan fingerprint density at radius 3 is 3.00 bits per heavy atom. The molecule has 2 aromatic rings. The van der Waals surface area contributed by atoms with E-state index >= 15 is 0 Å². The Morgan fingerprint density at radius 2 is 2.28 bits per heavy atom. The van der Waals surface area contributed by atoms with Crippen LogP contribution in [0.2, 0.25) is 0 Å². The van der Waals surface area contributed by atoms with Gasteiger partial charge in [0, 0.05) is 10.9 Å². The van der Waals surface area contributed by atoms with Crippen LogP contribution < -0.4 is 10.2 Å². The molecule has 18 heavy (non-hydrogen) atoms. The van der Waals surface area contributed by atoms with E-state index in [1.54, 1.807) is 6.21 Å². The summed E-state index contributed by atoms with van der Waals surface area (Å²) in [5.41, 5.74) is 4.84. The molecule has 2 rings (SSSR count). The van der Waals surface area contributed by atoms with Gasteiger partial charge in [-0.2, -0.15) is 5.10 Å². The summed E-state index contributed by atoms with van der Waals surface area (Å²) in [6.45, 7) is 4.56. The van der Waals surface area contributed by atoms with Crippen molar-refractivity contribution in [3.63, 3.8) is 0 Å². The van der Waals surface area contributed by atoms with Crippen molar-refractivity contribution in [3.05, 3.63) is 40.9 Å². The van der Waals surface area contributed by atoms with Gasteiger partial charge in [-0.1, -0.05) is 12.1 Å². The molecule has 0 fully saturated rings. The van der Waals surface area contributed by atoms with Crippen molar-refractivity contribution in [1.29, 1.82) is 0 Å². The Balaban J connectivity index is 2.04. The lowest BCUT2D eigenvalue weighted by Crippen LogP contribution is -1.97. The van der Waals surface area contributed by atoms with Gasteiger partial charge < -0.3 is 4.74 Å². The van der Waals surface area contributed by atoms with Crippen molar-refractivity contribution in [2.45, 2.75) is 13.8 Å². The number of nitrogens with zero attached hydrogens (tertiary/aromatic N) is 2. The molecule has 0 amide bonds. The number of hydrazone groups is 1. The average molecular weight is 261 g/mol. The van der Waals surface area contributed by atoms with E-state index in [1.807, 2.05) is 43.5 Å². The largest absolute Gasteiger partial charge is 0.493 e. The Kier molecular flexibility index (Phi) is 4.30. The van der Waals surface area contributed by atoms with E-state index in [9.17, 15) is 0 Å². The quantitative estimate of drug-likeness (QED) is 0.663. The van der Waals surface area contributed by atoms with Crippen molar-refractivity contribution < 1.29 is 4.74 Å². The summed E-state index contributed by atoms with van der Waals surface area (Å²) in [6, 6.07) is 7.79. The molecule has 0 aliphatic rings. The minimum Gasteiger partial charge on any atom is -0.493 e. The number of rotatable bonds is 5. The smallest absolute Gasteiger partial charge is 0.203 e. The topological polar surface area (TPSA) is 46.5 Å². The predicted octanol–water partition coefficient (Wildman–Crippen LogP) is 3.30. The van der Waals surface area contributed by atoms with E-state index in [4.69, 9.17) is 4.74 Å². The highest BCUT2D eigenvalue weighted by Crippen LogP contribution is 2.17. The number of ether oxygens (including phenoxy) is 1. The number of thiazole rings is 1. The number of anilines is 1. The molecule has 0 aliphatic heterocycles. The van der Waals surface area contributed by atoms with Crippen molar-refractivity contribution >= 4 is 22.7 Å². The van der Waals surface area contributed by atoms with Crippen LogP contribution in [0, 0.1) is 6.92 Å². The van der Waals surface area contributed by atoms with Crippen molar-refractivity contribution in [2.75, 3.05) is 12.0 Å². The van der Waals surface area contributed by atoms with Crippen LogP contribution in [0.15, 0.2) is 34.7 Å². The molecule has 0 radical (unpaired) electrons. The Labute approximate surface area is 110 Å². The lowest BCUT2D eigenvalue weighted by molar-refractivity contribution is 0.340. The molecule has 0 aliphatic carbocycles. The summed E-state index contributed by atoms with van der Waals surface area (Å²) in [5, 5.41) is 6.93. The molecule has 0 saturated heterocycles. The molecule has 1 heterocycles. The van der Waals surface area contributed by atoms with Crippen LogP contribution in [0.1, 0.15) is 18.2 Å². The third-order valence-electron chi connectivity index (χ3n) is 2.20. The number of hydrogen-bond donors (Lipinski definition) is 1. The number of aromatic nitrogens is 1. The van der Waals surface area contributed by atoms with Crippen LogP contribution >= 0.6 is 11.3 Å². The van der Waals surface area contributed by atoms with Crippen LogP contribution in [-0.2, 0) is 0 Å². The maximum atomic E-state index is 5.51. The number of hydrogen-bond acceptors (Lipinski definition) is 5. The summed E-state index contributed by atoms with van der Waals surface area (Å²) < 4.78 is 5.51. The molecular formula is C13H15N3OS. The second-order valence-corrected chi connectivity index (χ2v) is 4.49. The number of aryl methyl sites for hydroxylation is 1. The fraction of sp³-hybridized carbons (Fsp3) is 0.231. The van der Waals surface area contributed by atoms with Crippen LogP contribution in [0.25, 0.3) is 0 Å². The predicted molar refractivity (Wildman–Crippen MR) is 75.7 cm³/mol. The van der Waals surface area contributed by atoms with Gasteiger partial charge in [0.1, 0.15) is 5.75 Å². The lowest BCUT2D eigenvalue weighted by Gasteiger charge is -2.05. The van der Waals surface area contributed by atoms with Gasteiger partial charge in [0.2, 0.25) is 5.13 Å². The lowest BCUT2D eigenvalue weighted by atomic mass is 10.2. The summed E-state index contributed by atoms with van der Waals surface area (Å²) >= 11 is 1.53. The minimum atomic E-state index is 0.643.